The Labute approximate surface area is 221 Å². The third-order valence-corrected chi connectivity index (χ3v) is 7.76. The molecular formula is C27H29Cl3N4O. The number of benzene rings is 2. The lowest BCUT2D eigenvalue weighted by Crippen LogP contribution is -2.37. The van der Waals surface area contributed by atoms with Crippen LogP contribution in [0.1, 0.15) is 61.1 Å². The van der Waals surface area contributed by atoms with Crippen LogP contribution >= 0.6 is 34.8 Å². The zero-order chi connectivity index (χ0) is 24.4. The normalized spacial score (nSPS) is 17.1. The lowest BCUT2D eigenvalue weighted by molar-refractivity contribution is 0.0921. The van der Waals surface area contributed by atoms with Crippen molar-refractivity contribution < 1.29 is 4.79 Å². The van der Waals surface area contributed by atoms with E-state index in [-0.39, 0.29) is 11.9 Å². The van der Waals surface area contributed by atoms with Crippen LogP contribution in [-0.2, 0) is 6.54 Å². The highest BCUT2D eigenvalue weighted by Gasteiger charge is 2.29. The van der Waals surface area contributed by atoms with Gasteiger partial charge in [-0.3, -0.25) is 14.3 Å². The number of nitrogens with one attached hydrogen (secondary N) is 1. The van der Waals surface area contributed by atoms with E-state index in [9.17, 15) is 4.79 Å². The first kappa shape index (κ1) is 24.6. The van der Waals surface area contributed by atoms with Crippen molar-refractivity contribution >= 4 is 40.7 Å². The van der Waals surface area contributed by atoms with Crippen LogP contribution in [-0.4, -0.2) is 39.5 Å². The van der Waals surface area contributed by atoms with Crippen molar-refractivity contribution in [2.24, 2.45) is 0 Å². The standard InChI is InChI=1S/C27H29Cl3N4O/c28-18-8-11-21(12-9-18)34-24(17-33-14-4-5-15-33)25(27(35)31-20-6-2-1-3-7-20)32-26(34)22-13-10-19(29)16-23(22)30/h8-13,16,20H,1-7,14-15,17H2,(H,31,35). The van der Waals surface area contributed by atoms with Gasteiger partial charge in [0.15, 0.2) is 5.69 Å². The second-order valence-electron chi connectivity index (χ2n) is 9.46. The highest BCUT2D eigenvalue weighted by molar-refractivity contribution is 6.36. The summed E-state index contributed by atoms with van der Waals surface area (Å²) in [5.41, 5.74) is 2.93. The largest absolute Gasteiger partial charge is 0.348 e. The van der Waals surface area contributed by atoms with Gasteiger partial charge in [0.05, 0.1) is 10.7 Å². The van der Waals surface area contributed by atoms with Crippen LogP contribution in [0.2, 0.25) is 15.1 Å². The molecule has 3 aromatic rings. The van der Waals surface area contributed by atoms with Crippen LogP contribution < -0.4 is 5.32 Å². The van der Waals surface area contributed by atoms with Gasteiger partial charge in [0, 0.05) is 33.9 Å². The molecule has 0 bridgehead atoms. The summed E-state index contributed by atoms with van der Waals surface area (Å²) in [6, 6.07) is 13.2. The zero-order valence-electron chi connectivity index (χ0n) is 19.6. The predicted molar refractivity (Wildman–Crippen MR) is 143 cm³/mol. The van der Waals surface area contributed by atoms with Crippen LogP contribution in [0.5, 0.6) is 0 Å². The van der Waals surface area contributed by atoms with E-state index in [0.717, 1.165) is 68.6 Å². The molecule has 0 unspecified atom stereocenters. The summed E-state index contributed by atoms with van der Waals surface area (Å²) in [4.78, 5) is 21.0. The lowest BCUT2D eigenvalue weighted by Gasteiger charge is -2.23. The van der Waals surface area contributed by atoms with Crippen molar-refractivity contribution in [3.8, 4) is 17.1 Å². The molecule has 0 spiro atoms. The molecule has 2 aromatic carbocycles. The second-order valence-corrected chi connectivity index (χ2v) is 10.7. The fourth-order valence-corrected chi connectivity index (χ4v) is 5.77. The molecule has 5 nitrogen and oxygen atoms in total. The number of likely N-dealkylation sites (tertiary alicyclic amines) is 1. The molecule has 1 saturated heterocycles. The summed E-state index contributed by atoms with van der Waals surface area (Å²) in [6.07, 6.45) is 7.88. The number of carbonyl (C=O) groups is 1. The topological polar surface area (TPSA) is 50.2 Å². The van der Waals surface area contributed by atoms with E-state index >= 15 is 0 Å². The van der Waals surface area contributed by atoms with Crippen LogP contribution in [0, 0.1) is 0 Å². The molecule has 1 amide bonds. The molecule has 1 aliphatic heterocycles. The fraction of sp³-hybridized carbons (Fsp3) is 0.407. The Morgan fingerprint density at radius 1 is 0.914 bits per heavy atom. The highest BCUT2D eigenvalue weighted by Crippen LogP contribution is 2.34. The maximum Gasteiger partial charge on any atom is 0.272 e. The van der Waals surface area contributed by atoms with Gasteiger partial charge in [0.25, 0.3) is 5.91 Å². The van der Waals surface area contributed by atoms with Gasteiger partial charge in [-0.05, 0) is 81.2 Å². The number of imidazole rings is 1. The Morgan fingerprint density at radius 3 is 2.29 bits per heavy atom. The van der Waals surface area contributed by atoms with Crippen molar-refractivity contribution in [1.82, 2.24) is 19.8 Å². The third kappa shape index (κ3) is 5.54. The molecule has 184 valence electrons. The smallest absolute Gasteiger partial charge is 0.272 e. The van der Waals surface area contributed by atoms with Crippen LogP contribution in [0.15, 0.2) is 42.5 Å². The number of aromatic nitrogens is 2. The monoisotopic (exact) mass is 530 g/mol. The molecule has 2 aliphatic rings. The molecule has 2 fully saturated rings. The minimum absolute atomic E-state index is 0.120. The first-order valence-electron chi connectivity index (χ1n) is 12.4. The van der Waals surface area contributed by atoms with Crippen molar-refractivity contribution in [2.75, 3.05) is 13.1 Å². The van der Waals surface area contributed by atoms with E-state index < -0.39 is 0 Å². The van der Waals surface area contributed by atoms with Gasteiger partial charge in [0.1, 0.15) is 5.82 Å². The molecule has 1 N–H and O–H groups in total. The van der Waals surface area contributed by atoms with E-state index in [2.05, 4.69) is 14.8 Å². The average Bonchev–Trinajstić information content (AvgIpc) is 3.49. The fourth-order valence-electron chi connectivity index (χ4n) is 5.15. The zero-order valence-corrected chi connectivity index (χ0v) is 21.8. The van der Waals surface area contributed by atoms with Crippen LogP contribution in [0.3, 0.4) is 0 Å². The molecule has 1 saturated carbocycles. The Kier molecular flexibility index (Phi) is 7.68. The molecule has 8 heteroatoms. The molecule has 5 rings (SSSR count). The number of carbonyl (C=O) groups excluding carboxylic acids is 1. The third-order valence-electron chi connectivity index (χ3n) is 6.96. The number of hydrogen-bond acceptors (Lipinski definition) is 3. The molecule has 35 heavy (non-hydrogen) atoms. The first-order chi connectivity index (χ1) is 17.0. The molecule has 1 aliphatic carbocycles. The SMILES string of the molecule is O=C(NC1CCCCC1)c1nc(-c2ccc(Cl)cc2Cl)n(-c2ccc(Cl)cc2)c1CN1CCCC1. The van der Waals surface area contributed by atoms with Crippen molar-refractivity contribution in [1.29, 1.82) is 0 Å². The Hall–Kier alpha value is -2.05. The van der Waals surface area contributed by atoms with E-state index in [1.807, 2.05) is 30.3 Å². The van der Waals surface area contributed by atoms with Gasteiger partial charge in [-0.25, -0.2) is 4.98 Å². The van der Waals surface area contributed by atoms with Gasteiger partial charge in [-0.15, -0.1) is 0 Å². The summed E-state index contributed by atoms with van der Waals surface area (Å²) in [5.74, 6) is 0.502. The first-order valence-corrected chi connectivity index (χ1v) is 13.5. The summed E-state index contributed by atoms with van der Waals surface area (Å²) >= 11 is 19.0. The van der Waals surface area contributed by atoms with Gasteiger partial charge in [-0.2, -0.15) is 0 Å². The van der Waals surface area contributed by atoms with E-state index in [0.29, 0.717) is 33.1 Å². The van der Waals surface area contributed by atoms with E-state index in [1.54, 1.807) is 12.1 Å². The summed E-state index contributed by atoms with van der Waals surface area (Å²) in [7, 11) is 0. The number of amides is 1. The number of nitrogens with zero attached hydrogens (tertiary/aromatic N) is 3. The quantitative estimate of drug-likeness (QED) is 0.367. The maximum absolute atomic E-state index is 13.6. The van der Waals surface area contributed by atoms with Crippen LogP contribution in [0.25, 0.3) is 17.1 Å². The van der Waals surface area contributed by atoms with Crippen molar-refractivity contribution in [2.45, 2.75) is 57.5 Å². The van der Waals surface area contributed by atoms with Gasteiger partial charge in [-0.1, -0.05) is 54.1 Å². The molecule has 1 aromatic heterocycles. The summed E-state index contributed by atoms with van der Waals surface area (Å²) < 4.78 is 2.06. The summed E-state index contributed by atoms with van der Waals surface area (Å²) in [6.45, 7) is 2.65. The Morgan fingerprint density at radius 2 is 1.60 bits per heavy atom. The number of halogens is 3. The van der Waals surface area contributed by atoms with Crippen LogP contribution in [0.4, 0.5) is 0 Å². The van der Waals surface area contributed by atoms with Gasteiger partial charge < -0.3 is 5.32 Å². The molecule has 2 heterocycles. The Balaban J connectivity index is 1.65. The van der Waals surface area contributed by atoms with Gasteiger partial charge >= 0.3 is 0 Å². The molecule has 0 atom stereocenters. The minimum Gasteiger partial charge on any atom is -0.348 e. The predicted octanol–water partition coefficient (Wildman–Crippen LogP) is 7.16. The Bertz CT molecular complexity index is 1200. The minimum atomic E-state index is -0.120. The summed E-state index contributed by atoms with van der Waals surface area (Å²) in [5, 5.41) is 4.96. The second kappa shape index (κ2) is 10.9. The average molecular weight is 532 g/mol. The van der Waals surface area contributed by atoms with Crippen molar-refractivity contribution in [3.05, 3.63) is 68.9 Å². The molecule has 0 radical (unpaired) electrons. The number of rotatable bonds is 6. The van der Waals surface area contributed by atoms with Gasteiger partial charge in [0.2, 0.25) is 0 Å². The molecular weight excluding hydrogens is 503 g/mol. The maximum atomic E-state index is 13.6. The highest BCUT2D eigenvalue weighted by atomic mass is 35.5. The lowest BCUT2D eigenvalue weighted by atomic mass is 9.95. The van der Waals surface area contributed by atoms with Crippen molar-refractivity contribution in [3.63, 3.8) is 0 Å². The van der Waals surface area contributed by atoms with E-state index in [1.165, 1.54) is 6.42 Å². The van der Waals surface area contributed by atoms with E-state index in [4.69, 9.17) is 39.8 Å². The number of hydrogen-bond donors (Lipinski definition) is 1.